The fourth-order valence-electron chi connectivity index (χ4n) is 2.96. The minimum Gasteiger partial charge on any atom is -0.354 e. The summed E-state index contributed by atoms with van der Waals surface area (Å²) in [6.07, 6.45) is 7.03. The van der Waals surface area contributed by atoms with Crippen molar-refractivity contribution in [2.75, 3.05) is 6.54 Å². The molecule has 7 nitrogen and oxygen atoms in total. The minimum absolute atomic E-state index is 0. The van der Waals surface area contributed by atoms with Crippen molar-refractivity contribution >= 4 is 18.3 Å². The highest BCUT2D eigenvalue weighted by molar-refractivity contribution is 5.93. The summed E-state index contributed by atoms with van der Waals surface area (Å²) in [5, 5.41) is 11.1. The second-order valence-corrected chi connectivity index (χ2v) is 5.95. The van der Waals surface area contributed by atoms with E-state index < -0.39 is 0 Å². The van der Waals surface area contributed by atoms with Gasteiger partial charge in [0.25, 0.3) is 5.91 Å². The zero-order chi connectivity index (χ0) is 15.6. The topological polar surface area (TPSA) is 99.0 Å². The van der Waals surface area contributed by atoms with Crippen LogP contribution in [0, 0.1) is 0 Å². The Morgan fingerprint density at radius 2 is 2.17 bits per heavy atom. The van der Waals surface area contributed by atoms with Crippen molar-refractivity contribution in [1.29, 1.82) is 0 Å². The van der Waals surface area contributed by atoms with Gasteiger partial charge >= 0.3 is 0 Å². The van der Waals surface area contributed by atoms with E-state index in [9.17, 15) is 4.79 Å². The van der Waals surface area contributed by atoms with Crippen LogP contribution in [0.25, 0.3) is 11.5 Å². The first-order valence-electron chi connectivity index (χ1n) is 7.61. The highest BCUT2D eigenvalue weighted by atomic mass is 35.5. The summed E-state index contributed by atoms with van der Waals surface area (Å²) in [6.45, 7) is 0.448. The lowest BCUT2D eigenvalue weighted by atomic mass is 9.81. The van der Waals surface area contributed by atoms with E-state index in [4.69, 9.17) is 10.3 Å². The number of nitrogens with zero attached hydrogens (tertiary/aromatic N) is 3. The third-order valence-corrected chi connectivity index (χ3v) is 4.29. The van der Waals surface area contributed by atoms with E-state index in [1.807, 2.05) is 19.3 Å². The molecule has 2 heterocycles. The molecule has 3 rings (SSSR count). The van der Waals surface area contributed by atoms with Crippen molar-refractivity contribution in [3.8, 4) is 11.5 Å². The largest absolute Gasteiger partial charge is 0.354 e. The lowest BCUT2D eigenvalue weighted by molar-refractivity contribution is 0.0865. The Labute approximate surface area is 141 Å². The SMILES string of the molecule is Cl.Cn1ccc(-c2cc(C(=O)NC3(CN)CCCCC3)no2)n1. The number of nitrogens with two attached hydrogens (primary N) is 1. The van der Waals surface area contributed by atoms with Gasteiger partial charge in [-0.25, -0.2) is 0 Å². The number of carbonyl (C=O) groups excluding carboxylic acids is 1. The fraction of sp³-hybridized carbons (Fsp3) is 0.533. The van der Waals surface area contributed by atoms with Crippen LogP contribution in [0.1, 0.15) is 42.6 Å². The molecule has 0 unspecified atom stereocenters. The van der Waals surface area contributed by atoms with E-state index in [0.717, 1.165) is 25.7 Å². The van der Waals surface area contributed by atoms with Crippen LogP contribution < -0.4 is 11.1 Å². The summed E-state index contributed by atoms with van der Waals surface area (Å²) < 4.78 is 6.89. The molecule has 126 valence electrons. The summed E-state index contributed by atoms with van der Waals surface area (Å²) in [4.78, 5) is 12.4. The third-order valence-electron chi connectivity index (χ3n) is 4.29. The summed E-state index contributed by atoms with van der Waals surface area (Å²) in [5.74, 6) is 0.245. The number of aryl methyl sites for hydroxylation is 1. The van der Waals surface area contributed by atoms with Crippen molar-refractivity contribution < 1.29 is 9.32 Å². The zero-order valence-electron chi connectivity index (χ0n) is 13.1. The quantitative estimate of drug-likeness (QED) is 0.886. The van der Waals surface area contributed by atoms with E-state index >= 15 is 0 Å². The van der Waals surface area contributed by atoms with Gasteiger partial charge in [-0.1, -0.05) is 24.4 Å². The van der Waals surface area contributed by atoms with Crippen LogP contribution in [0.15, 0.2) is 22.9 Å². The molecule has 23 heavy (non-hydrogen) atoms. The van der Waals surface area contributed by atoms with Crippen LogP contribution in [-0.2, 0) is 7.05 Å². The van der Waals surface area contributed by atoms with E-state index in [0.29, 0.717) is 18.0 Å². The molecule has 1 amide bonds. The lowest BCUT2D eigenvalue weighted by Crippen LogP contribution is -2.54. The zero-order valence-corrected chi connectivity index (χ0v) is 13.9. The number of carbonyl (C=O) groups is 1. The predicted octanol–water partition coefficient (Wildman–Crippen LogP) is 1.89. The van der Waals surface area contributed by atoms with E-state index in [1.54, 1.807) is 10.7 Å². The third kappa shape index (κ3) is 3.73. The van der Waals surface area contributed by atoms with E-state index in [1.165, 1.54) is 6.42 Å². The van der Waals surface area contributed by atoms with Gasteiger partial charge in [-0.2, -0.15) is 5.10 Å². The Kier molecular flexibility index (Phi) is 5.43. The molecule has 0 aromatic carbocycles. The molecular formula is C15H22ClN5O2. The summed E-state index contributed by atoms with van der Waals surface area (Å²) in [5.41, 5.74) is 6.50. The summed E-state index contributed by atoms with van der Waals surface area (Å²) in [7, 11) is 1.82. The van der Waals surface area contributed by atoms with E-state index in [-0.39, 0.29) is 29.5 Å². The van der Waals surface area contributed by atoms with Crippen LogP contribution in [-0.4, -0.2) is 32.9 Å². The molecule has 3 N–H and O–H groups in total. The van der Waals surface area contributed by atoms with Gasteiger partial charge in [0.1, 0.15) is 5.69 Å². The number of aromatic nitrogens is 3. The molecule has 2 aromatic rings. The van der Waals surface area contributed by atoms with Gasteiger partial charge in [0, 0.05) is 25.9 Å². The molecule has 1 saturated carbocycles. The Bertz CT molecular complexity index is 660. The molecule has 8 heteroatoms. The average molecular weight is 340 g/mol. The maximum Gasteiger partial charge on any atom is 0.273 e. The molecule has 0 spiro atoms. The number of nitrogens with one attached hydrogen (secondary N) is 1. The highest BCUT2D eigenvalue weighted by Gasteiger charge is 2.33. The smallest absolute Gasteiger partial charge is 0.273 e. The predicted molar refractivity (Wildman–Crippen MR) is 88.3 cm³/mol. The second-order valence-electron chi connectivity index (χ2n) is 5.95. The Balaban J connectivity index is 0.00000192. The van der Waals surface area contributed by atoms with Gasteiger partial charge in [-0.3, -0.25) is 9.48 Å². The first kappa shape index (κ1) is 17.5. The van der Waals surface area contributed by atoms with Crippen molar-refractivity contribution in [3.05, 3.63) is 24.0 Å². The van der Waals surface area contributed by atoms with Crippen LogP contribution >= 0.6 is 12.4 Å². The van der Waals surface area contributed by atoms with Crippen LogP contribution in [0.4, 0.5) is 0 Å². The molecule has 0 atom stereocenters. The molecule has 0 saturated heterocycles. The van der Waals surface area contributed by atoms with Crippen LogP contribution in [0.3, 0.4) is 0 Å². The molecule has 0 bridgehead atoms. The Morgan fingerprint density at radius 3 is 2.78 bits per heavy atom. The number of hydrogen-bond acceptors (Lipinski definition) is 5. The normalized spacial score (nSPS) is 16.6. The molecule has 1 fully saturated rings. The molecule has 1 aliphatic carbocycles. The molecule has 2 aromatic heterocycles. The molecule has 1 aliphatic rings. The van der Waals surface area contributed by atoms with Crippen molar-refractivity contribution in [3.63, 3.8) is 0 Å². The van der Waals surface area contributed by atoms with Gasteiger partial charge in [0.2, 0.25) is 0 Å². The maximum atomic E-state index is 12.4. The second kappa shape index (κ2) is 7.14. The molecule has 0 radical (unpaired) electrons. The van der Waals surface area contributed by atoms with Crippen molar-refractivity contribution in [2.45, 2.75) is 37.6 Å². The van der Waals surface area contributed by atoms with Crippen LogP contribution in [0.5, 0.6) is 0 Å². The fourth-order valence-corrected chi connectivity index (χ4v) is 2.96. The average Bonchev–Trinajstić information content (AvgIpc) is 3.17. The number of amides is 1. The van der Waals surface area contributed by atoms with Crippen molar-refractivity contribution in [1.82, 2.24) is 20.3 Å². The lowest BCUT2D eigenvalue weighted by Gasteiger charge is -2.36. The standard InChI is InChI=1S/C15H21N5O2.ClH/c1-20-8-5-11(18-20)13-9-12(19-22-13)14(21)17-15(10-16)6-3-2-4-7-15;/h5,8-9H,2-4,6-7,10,16H2,1H3,(H,17,21);1H. The maximum absolute atomic E-state index is 12.4. The number of rotatable bonds is 4. The number of halogens is 1. The van der Waals surface area contributed by atoms with Gasteiger partial charge in [0.05, 0.1) is 5.54 Å². The Morgan fingerprint density at radius 1 is 1.43 bits per heavy atom. The molecule has 0 aliphatic heterocycles. The van der Waals surface area contributed by atoms with Crippen molar-refractivity contribution in [2.24, 2.45) is 12.8 Å². The highest BCUT2D eigenvalue weighted by Crippen LogP contribution is 2.28. The summed E-state index contributed by atoms with van der Waals surface area (Å²) >= 11 is 0. The van der Waals surface area contributed by atoms with Gasteiger partial charge < -0.3 is 15.6 Å². The molecular weight excluding hydrogens is 318 g/mol. The van der Waals surface area contributed by atoms with Gasteiger partial charge in [-0.05, 0) is 18.9 Å². The van der Waals surface area contributed by atoms with Gasteiger partial charge in [-0.15, -0.1) is 12.4 Å². The minimum atomic E-state index is -0.306. The summed E-state index contributed by atoms with van der Waals surface area (Å²) in [6, 6.07) is 3.43. The van der Waals surface area contributed by atoms with Gasteiger partial charge in [0.15, 0.2) is 11.5 Å². The first-order valence-corrected chi connectivity index (χ1v) is 7.61. The first-order chi connectivity index (χ1) is 10.6. The van der Waals surface area contributed by atoms with Crippen LogP contribution in [0.2, 0.25) is 0 Å². The van der Waals surface area contributed by atoms with E-state index in [2.05, 4.69) is 15.6 Å². The monoisotopic (exact) mass is 339 g/mol. The number of hydrogen-bond donors (Lipinski definition) is 2. The Hall–Kier alpha value is -1.86.